The molecule has 0 aliphatic carbocycles. The third-order valence-corrected chi connectivity index (χ3v) is 16.0. The first-order chi connectivity index (χ1) is 27.7. The Morgan fingerprint density at radius 2 is 0.946 bits per heavy atom. The van der Waals surface area contributed by atoms with Gasteiger partial charge in [-0.15, -0.1) is 0 Å². The maximum absolute atomic E-state index is 14.2. The van der Waals surface area contributed by atoms with E-state index in [9.17, 15) is 4.39 Å². The molecule has 1 aliphatic heterocycles. The molecule has 4 heteroatoms. The van der Waals surface area contributed by atoms with Crippen molar-refractivity contribution in [1.82, 2.24) is 0 Å². The zero-order chi connectivity index (χ0) is 37.5. The van der Waals surface area contributed by atoms with Gasteiger partial charge in [-0.1, -0.05) is 158 Å². The summed E-state index contributed by atoms with van der Waals surface area (Å²) in [5, 5.41) is 7.73. The average molecular weight is 737 g/mol. The number of fused-ring (bicyclic) bond motifs is 3. The van der Waals surface area contributed by atoms with Crippen LogP contribution in [0.4, 0.5) is 38.5 Å². The molecule has 9 aromatic rings. The van der Waals surface area contributed by atoms with Crippen LogP contribution < -0.4 is 30.5 Å². The largest absolute Gasteiger partial charge is 0.311 e. The van der Waals surface area contributed by atoms with Crippen molar-refractivity contribution in [3.05, 3.63) is 230 Å². The molecule has 56 heavy (non-hydrogen) atoms. The van der Waals surface area contributed by atoms with E-state index in [1.165, 1.54) is 44.3 Å². The molecular formula is C52H37FN2Si. The monoisotopic (exact) mass is 736 g/mol. The first kappa shape index (κ1) is 33.5. The summed E-state index contributed by atoms with van der Waals surface area (Å²) in [6.45, 7) is 0. The second-order valence-electron chi connectivity index (χ2n) is 14.3. The van der Waals surface area contributed by atoms with Gasteiger partial charge in [0.25, 0.3) is 0 Å². The van der Waals surface area contributed by atoms with Crippen molar-refractivity contribution in [2.45, 2.75) is 0 Å². The lowest BCUT2D eigenvalue weighted by molar-refractivity contribution is 0.628. The van der Waals surface area contributed by atoms with Gasteiger partial charge in [-0.05, 0) is 104 Å². The lowest BCUT2D eigenvalue weighted by Crippen LogP contribution is -2.77. The van der Waals surface area contributed by atoms with E-state index in [2.05, 4.69) is 210 Å². The lowest BCUT2D eigenvalue weighted by atomic mass is 10.0. The summed E-state index contributed by atoms with van der Waals surface area (Å²) in [6, 6.07) is 79.4. The average Bonchev–Trinajstić information content (AvgIpc) is 3.27. The van der Waals surface area contributed by atoms with Gasteiger partial charge in [0.15, 0.2) is 8.07 Å². The number of rotatable bonds is 7. The minimum absolute atomic E-state index is 0.256. The molecule has 0 saturated carbocycles. The molecule has 1 heterocycles. The van der Waals surface area contributed by atoms with E-state index < -0.39 is 8.07 Å². The lowest BCUT2D eigenvalue weighted by Gasteiger charge is -2.45. The molecule has 0 amide bonds. The first-order valence-electron chi connectivity index (χ1n) is 19.0. The van der Waals surface area contributed by atoms with Crippen molar-refractivity contribution in [3.8, 4) is 11.1 Å². The van der Waals surface area contributed by atoms with Gasteiger partial charge in [0, 0.05) is 33.8 Å². The molecule has 2 nitrogen and oxygen atoms in total. The van der Waals surface area contributed by atoms with E-state index in [4.69, 9.17) is 0 Å². The molecular weight excluding hydrogens is 700 g/mol. The van der Waals surface area contributed by atoms with E-state index in [0.717, 1.165) is 44.6 Å². The van der Waals surface area contributed by atoms with Crippen molar-refractivity contribution in [3.63, 3.8) is 0 Å². The van der Waals surface area contributed by atoms with Gasteiger partial charge in [-0.25, -0.2) is 4.39 Å². The molecule has 0 spiro atoms. The van der Waals surface area contributed by atoms with Gasteiger partial charge in [-0.2, -0.15) is 0 Å². The molecule has 1 aliphatic rings. The van der Waals surface area contributed by atoms with Crippen LogP contribution >= 0.6 is 0 Å². The van der Waals surface area contributed by atoms with Crippen LogP contribution in [0.2, 0.25) is 0 Å². The third-order valence-electron chi connectivity index (χ3n) is 11.2. The van der Waals surface area contributed by atoms with Crippen LogP contribution in [-0.4, -0.2) is 8.07 Å². The Hall–Kier alpha value is -7.01. The standard InChI is InChI=1S/C52H37FN2Si/c53-41-30-34-44(35-31-41)54(48-25-14-16-39-15-10-11-23-47(39)48)43-32-27-38(28-33-43)40-29-36-52-50(37-40)55(42-17-4-1-5-18-42)49-24-12-13-26-51(49)56(52,45-19-6-2-7-20-45)46-21-8-3-9-22-46/h1-37H. The summed E-state index contributed by atoms with van der Waals surface area (Å²) in [5.74, 6) is -0.256. The molecule has 9 aromatic carbocycles. The van der Waals surface area contributed by atoms with Crippen LogP contribution in [0, 0.1) is 5.82 Å². The molecule has 0 bridgehead atoms. The molecule has 0 unspecified atom stereocenters. The van der Waals surface area contributed by atoms with Gasteiger partial charge in [0.1, 0.15) is 5.82 Å². The fourth-order valence-corrected chi connectivity index (χ4v) is 13.8. The quantitative estimate of drug-likeness (QED) is 0.150. The van der Waals surface area contributed by atoms with E-state index >= 15 is 0 Å². The second kappa shape index (κ2) is 14.0. The van der Waals surface area contributed by atoms with E-state index in [-0.39, 0.29) is 5.82 Å². The van der Waals surface area contributed by atoms with Gasteiger partial charge < -0.3 is 9.80 Å². The summed E-state index contributed by atoms with van der Waals surface area (Å²) in [5.41, 5.74) is 8.71. The molecule has 0 saturated heterocycles. The van der Waals surface area contributed by atoms with Crippen molar-refractivity contribution >= 4 is 73.7 Å². The summed E-state index contributed by atoms with van der Waals surface area (Å²) in [7, 11) is -2.78. The fraction of sp³-hybridized carbons (Fsp3) is 0. The third kappa shape index (κ3) is 5.54. The first-order valence-corrected chi connectivity index (χ1v) is 21.0. The zero-order valence-electron chi connectivity index (χ0n) is 30.6. The fourth-order valence-electron chi connectivity index (χ4n) is 8.72. The maximum Gasteiger partial charge on any atom is 0.184 e. The van der Waals surface area contributed by atoms with Crippen molar-refractivity contribution < 1.29 is 4.39 Å². The van der Waals surface area contributed by atoms with Gasteiger partial charge in [0.2, 0.25) is 0 Å². The topological polar surface area (TPSA) is 6.48 Å². The Morgan fingerprint density at radius 1 is 0.411 bits per heavy atom. The van der Waals surface area contributed by atoms with Crippen LogP contribution in [0.15, 0.2) is 224 Å². The summed E-state index contributed by atoms with van der Waals surface area (Å²) < 4.78 is 14.2. The van der Waals surface area contributed by atoms with Crippen LogP contribution in [0.1, 0.15) is 0 Å². The van der Waals surface area contributed by atoms with Gasteiger partial charge in [0.05, 0.1) is 5.69 Å². The maximum atomic E-state index is 14.2. The molecule has 0 aromatic heterocycles. The van der Waals surface area contributed by atoms with Crippen LogP contribution in [-0.2, 0) is 0 Å². The number of para-hydroxylation sites is 2. The summed E-state index contributed by atoms with van der Waals surface area (Å²) in [6.07, 6.45) is 0. The minimum Gasteiger partial charge on any atom is -0.311 e. The number of benzene rings is 9. The normalized spacial score (nSPS) is 12.8. The van der Waals surface area contributed by atoms with Crippen molar-refractivity contribution in [2.24, 2.45) is 0 Å². The van der Waals surface area contributed by atoms with E-state index in [1.807, 2.05) is 12.1 Å². The Kier molecular flexibility index (Phi) is 8.39. The Morgan fingerprint density at radius 3 is 1.64 bits per heavy atom. The molecule has 0 radical (unpaired) electrons. The predicted octanol–water partition coefficient (Wildman–Crippen LogP) is 11.3. The Bertz CT molecular complexity index is 2760. The van der Waals surface area contributed by atoms with Crippen molar-refractivity contribution in [2.75, 3.05) is 9.80 Å². The Labute approximate surface area is 328 Å². The highest BCUT2D eigenvalue weighted by atomic mass is 28.3. The van der Waals surface area contributed by atoms with Gasteiger partial charge in [-0.3, -0.25) is 0 Å². The molecule has 10 rings (SSSR count). The summed E-state index contributed by atoms with van der Waals surface area (Å²) >= 11 is 0. The number of halogens is 1. The molecule has 0 N–H and O–H groups in total. The van der Waals surface area contributed by atoms with E-state index in [0.29, 0.717) is 0 Å². The highest BCUT2D eigenvalue weighted by Crippen LogP contribution is 2.42. The van der Waals surface area contributed by atoms with Crippen molar-refractivity contribution in [1.29, 1.82) is 0 Å². The zero-order valence-corrected chi connectivity index (χ0v) is 31.6. The molecule has 0 fully saturated rings. The SMILES string of the molecule is Fc1ccc(N(c2ccc(-c3ccc4c(c3)N(c3ccccc3)c3ccccc3[Si]4(c3ccccc3)c3ccccc3)cc2)c2cccc3ccccc23)cc1. The smallest absolute Gasteiger partial charge is 0.184 e. The number of anilines is 6. The second-order valence-corrected chi connectivity index (χ2v) is 18.0. The van der Waals surface area contributed by atoms with Gasteiger partial charge >= 0.3 is 0 Å². The number of hydrogen-bond donors (Lipinski definition) is 0. The van der Waals surface area contributed by atoms with Crippen LogP contribution in [0.3, 0.4) is 0 Å². The predicted molar refractivity (Wildman–Crippen MR) is 236 cm³/mol. The van der Waals surface area contributed by atoms with Crippen LogP contribution in [0.25, 0.3) is 21.9 Å². The Balaban J connectivity index is 1.16. The summed E-state index contributed by atoms with van der Waals surface area (Å²) in [4.78, 5) is 4.67. The van der Waals surface area contributed by atoms with E-state index in [1.54, 1.807) is 0 Å². The molecule has 0 atom stereocenters. The number of hydrogen-bond acceptors (Lipinski definition) is 2. The molecule has 266 valence electrons. The minimum atomic E-state index is -2.78. The highest BCUT2D eigenvalue weighted by molar-refractivity contribution is 7.21. The highest BCUT2D eigenvalue weighted by Gasteiger charge is 2.48. The van der Waals surface area contributed by atoms with Crippen LogP contribution in [0.5, 0.6) is 0 Å². The number of nitrogens with zero attached hydrogens (tertiary/aromatic N) is 2.